The number of hydrogen-bond acceptors (Lipinski definition) is 0. The van der Waals surface area contributed by atoms with Crippen molar-refractivity contribution in [3.63, 3.8) is 0 Å². The summed E-state index contributed by atoms with van der Waals surface area (Å²) in [6, 6.07) is 0. The maximum atomic E-state index is 2.24. The fourth-order valence-corrected chi connectivity index (χ4v) is 0. The molecule has 0 heterocycles. The van der Waals surface area contributed by atoms with Gasteiger partial charge in [-0.3, -0.25) is 0 Å². The minimum Gasteiger partial charge on any atom is -0.0922 e. The van der Waals surface area contributed by atoms with Crippen LogP contribution in [-0.4, -0.2) is 19.9 Å². The largest absolute Gasteiger partial charge is 0.130 e. The second kappa shape index (κ2) is 7.30. The van der Waals surface area contributed by atoms with Crippen molar-refractivity contribution < 1.29 is 0 Å². The fraction of sp³-hybridized carbons (Fsp3) is 1.00. The molecule has 0 aromatic heterocycles. The first-order valence-corrected chi connectivity index (χ1v) is 4.37. The molecule has 0 nitrogen and oxygen atoms in total. The number of rotatable bonds is 1. The summed E-state index contributed by atoms with van der Waals surface area (Å²) in [4.78, 5) is 0. The number of hydrogen-bond donors (Lipinski definition) is 0. The Labute approximate surface area is 68.4 Å². The fourth-order valence-electron chi connectivity index (χ4n) is 0. The van der Waals surface area contributed by atoms with Crippen molar-refractivity contribution in [3.8, 4) is 0 Å². The van der Waals surface area contributed by atoms with E-state index in [-0.39, 0.29) is 0 Å². The summed E-state index contributed by atoms with van der Waals surface area (Å²) in [5.74, 6) is 0. The van der Waals surface area contributed by atoms with Crippen LogP contribution in [0.3, 0.4) is 0 Å². The van der Waals surface area contributed by atoms with E-state index >= 15 is 0 Å². The molecular formula is C7H21B3. The first-order chi connectivity index (χ1) is 4.37. The SMILES string of the molecule is CB(C)B(C)C.CB(C)C. The molecule has 0 fully saturated rings. The van der Waals surface area contributed by atoms with E-state index in [1.54, 1.807) is 0 Å². The zero-order valence-electron chi connectivity index (χ0n) is 8.73. The van der Waals surface area contributed by atoms with Crippen LogP contribution in [0, 0.1) is 0 Å². The van der Waals surface area contributed by atoms with E-state index in [0.717, 1.165) is 19.9 Å². The van der Waals surface area contributed by atoms with E-state index in [1.807, 2.05) is 0 Å². The monoisotopic (exact) mass is 138 g/mol. The summed E-state index contributed by atoms with van der Waals surface area (Å²) < 4.78 is 0. The zero-order chi connectivity index (χ0) is 8.73. The minimum absolute atomic E-state index is 0.833. The minimum atomic E-state index is 0.833. The maximum Gasteiger partial charge on any atom is 0.130 e. The normalized spacial score (nSPS) is 7.50. The second-order valence-corrected chi connectivity index (χ2v) is 4.22. The highest BCUT2D eigenvalue weighted by atomic mass is 13.3. The van der Waals surface area contributed by atoms with Crippen molar-refractivity contribution in [2.75, 3.05) is 0 Å². The molecule has 0 spiro atoms. The van der Waals surface area contributed by atoms with Crippen molar-refractivity contribution in [2.24, 2.45) is 0 Å². The van der Waals surface area contributed by atoms with Crippen molar-refractivity contribution in [2.45, 2.75) is 47.8 Å². The van der Waals surface area contributed by atoms with Crippen LogP contribution < -0.4 is 0 Å². The maximum absolute atomic E-state index is 2.24. The van der Waals surface area contributed by atoms with Gasteiger partial charge in [-0.2, -0.15) is 0 Å². The highest BCUT2D eigenvalue weighted by molar-refractivity contribution is 7.20. The molecule has 0 aliphatic heterocycles. The molecule has 0 saturated heterocycles. The Kier molecular flexibility index (Phi) is 9.37. The van der Waals surface area contributed by atoms with E-state index < -0.39 is 0 Å². The standard InChI is InChI=1S/C4H12B2.C3H9B/c1-5(2)6(3)4;1-4(2)3/h1-4H3;1-3H3. The molecular weight excluding hydrogens is 117 g/mol. The van der Waals surface area contributed by atoms with Crippen LogP contribution >= 0.6 is 0 Å². The second-order valence-electron chi connectivity index (χ2n) is 4.22. The van der Waals surface area contributed by atoms with Crippen molar-refractivity contribution in [3.05, 3.63) is 0 Å². The topological polar surface area (TPSA) is 0 Å². The Morgan fingerprint density at radius 3 is 0.600 bits per heavy atom. The molecule has 0 rings (SSSR count). The lowest BCUT2D eigenvalue weighted by Crippen LogP contribution is -2.21. The highest BCUT2D eigenvalue weighted by Crippen LogP contribution is 1.85. The van der Waals surface area contributed by atoms with Crippen LogP contribution in [-0.2, 0) is 0 Å². The van der Waals surface area contributed by atoms with Gasteiger partial charge in [-0.25, -0.2) is 0 Å². The smallest absolute Gasteiger partial charge is 0.0922 e. The van der Waals surface area contributed by atoms with E-state index in [2.05, 4.69) is 47.8 Å². The van der Waals surface area contributed by atoms with Gasteiger partial charge in [-0.05, 0) is 0 Å². The molecule has 0 radical (unpaired) electrons. The average molecular weight is 138 g/mol. The van der Waals surface area contributed by atoms with Crippen LogP contribution in [0.5, 0.6) is 0 Å². The Bertz CT molecular complexity index is 51.1. The zero-order valence-corrected chi connectivity index (χ0v) is 8.73. The van der Waals surface area contributed by atoms with Gasteiger partial charge in [-0.1, -0.05) is 47.8 Å². The first kappa shape index (κ1) is 12.8. The molecule has 58 valence electrons. The summed E-state index contributed by atoms with van der Waals surface area (Å²) in [6.07, 6.45) is 0. The third kappa shape index (κ3) is 24.1. The highest BCUT2D eigenvalue weighted by Gasteiger charge is 2.04. The van der Waals surface area contributed by atoms with Gasteiger partial charge in [0.2, 0.25) is 0 Å². The van der Waals surface area contributed by atoms with Crippen LogP contribution in [0.2, 0.25) is 47.8 Å². The molecule has 10 heavy (non-hydrogen) atoms. The Balaban J connectivity index is 0. The van der Waals surface area contributed by atoms with E-state index in [9.17, 15) is 0 Å². The van der Waals surface area contributed by atoms with Gasteiger partial charge in [-0.15, -0.1) is 0 Å². The molecule has 0 aliphatic carbocycles. The molecule has 0 unspecified atom stereocenters. The van der Waals surface area contributed by atoms with Gasteiger partial charge in [0.15, 0.2) is 0 Å². The van der Waals surface area contributed by atoms with Crippen LogP contribution in [0.25, 0.3) is 0 Å². The molecule has 0 bridgehead atoms. The molecule has 0 amide bonds. The lowest BCUT2D eigenvalue weighted by molar-refractivity contribution is 1.91. The van der Waals surface area contributed by atoms with Gasteiger partial charge in [0.25, 0.3) is 0 Å². The van der Waals surface area contributed by atoms with Gasteiger partial charge in [0, 0.05) is 0 Å². The molecule has 0 N–H and O–H groups in total. The summed E-state index contributed by atoms with van der Waals surface area (Å²) in [5, 5.41) is 0. The van der Waals surface area contributed by atoms with Gasteiger partial charge in [0.05, 0.1) is 0 Å². The Morgan fingerprint density at radius 1 is 0.500 bits per heavy atom. The van der Waals surface area contributed by atoms with Crippen LogP contribution in [0.1, 0.15) is 0 Å². The third-order valence-electron chi connectivity index (χ3n) is 1.33. The lowest BCUT2D eigenvalue weighted by Gasteiger charge is -1.96. The molecule has 0 aromatic carbocycles. The van der Waals surface area contributed by atoms with E-state index in [4.69, 9.17) is 0 Å². The molecule has 0 saturated carbocycles. The van der Waals surface area contributed by atoms with Gasteiger partial charge in [0.1, 0.15) is 19.9 Å². The van der Waals surface area contributed by atoms with Crippen molar-refractivity contribution >= 4 is 19.9 Å². The lowest BCUT2D eigenvalue weighted by atomic mass is 9.12. The Hall–Kier alpha value is 0.195. The summed E-state index contributed by atoms with van der Waals surface area (Å²) in [5.41, 5.74) is 0. The van der Waals surface area contributed by atoms with Gasteiger partial charge < -0.3 is 0 Å². The summed E-state index contributed by atoms with van der Waals surface area (Å²) >= 11 is 0. The summed E-state index contributed by atoms with van der Waals surface area (Å²) in [7, 11) is 0. The van der Waals surface area contributed by atoms with Crippen LogP contribution in [0.15, 0.2) is 0 Å². The quantitative estimate of drug-likeness (QED) is 0.488. The predicted octanol–water partition coefficient (Wildman–Crippen LogP) is 2.94. The first-order valence-electron chi connectivity index (χ1n) is 4.37. The van der Waals surface area contributed by atoms with Crippen molar-refractivity contribution in [1.82, 2.24) is 0 Å². The van der Waals surface area contributed by atoms with E-state index in [1.165, 1.54) is 0 Å². The molecule has 3 heteroatoms. The average Bonchev–Trinajstić information content (AvgIpc) is 1.63. The van der Waals surface area contributed by atoms with Gasteiger partial charge >= 0.3 is 0 Å². The molecule has 0 aromatic rings. The molecule has 0 atom stereocenters. The van der Waals surface area contributed by atoms with Crippen molar-refractivity contribution in [1.29, 1.82) is 0 Å². The molecule has 0 aliphatic rings. The third-order valence-corrected chi connectivity index (χ3v) is 1.33. The Morgan fingerprint density at radius 2 is 0.600 bits per heavy atom. The predicted molar refractivity (Wildman–Crippen MR) is 58.3 cm³/mol. The van der Waals surface area contributed by atoms with Crippen LogP contribution in [0.4, 0.5) is 0 Å². The van der Waals surface area contributed by atoms with E-state index in [0.29, 0.717) is 0 Å². The summed E-state index contributed by atoms with van der Waals surface area (Å²) in [6.45, 7) is 18.0.